The Balaban J connectivity index is 0.515. The summed E-state index contributed by atoms with van der Waals surface area (Å²) in [5, 5.41) is 5.84. The number of amides is 4. The molecule has 4 saturated carbocycles. The van der Waals surface area contributed by atoms with Gasteiger partial charge in [-0.1, -0.05) is 74.7 Å². The molecule has 121 heavy (non-hydrogen) atoms. The highest BCUT2D eigenvalue weighted by Gasteiger charge is 2.75. The van der Waals surface area contributed by atoms with Crippen LogP contribution in [0.3, 0.4) is 0 Å². The first-order valence-corrected chi connectivity index (χ1v) is 46.5. The van der Waals surface area contributed by atoms with Crippen LogP contribution in [0.25, 0.3) is 0 Å². The van der Waals surface area contributed by atoms with E-state index in [1.807, 2.05) is 55.4 Å². The molecule has 0 aromatic rings. The maximum atomic E-state index is 14.4. The first-order chi connectivity index (χ1) is 57.8. The number of hydrogen-bond donors (Lipinski definition) is 2. The molecule has 32 nitrogen and oxygen atoms in total. The number of ether oxygens (including phenoxy) is 12. The summed E-state index contributed by atoms with van der Waals surface area (Å²) in [6, 6.07) is 0. The van der Waals surface area contributed by atoms with Gasteiger partial charge in [0.15, 0.2) is 47.6 Å². The third-order valence-corrected chi connectivity index (χ3v) is 32.0. The van der Waals surface area contributed by atoms with Crippen LogP contribution in [-0.4, -0.2) is 192 Å². The lowest BCUT2D eigenvalue weighted by molar-refractivity contribution is -0.576. The minimum Gasteiger partial charge on any atom is -0.435 e. The molecule has 16 heterocycles. The zero-order valence-corrected chi connectivity index (χ0v) is 73.3. The van der Waals surface area contributed by atoms with E-state index in [1.54, 1.807) is 9.80 Å². The van der Waals surface area contributed by atoms with E-state index in [0.717, 1.165) is 96.3 Å². The molecule has 4 aliphatic carbocycles. The average molecular weight is 1710 g/mol. The highest BCUT2D eigenvalue weighted by molar-refractivity contribution is 5.83. The molecule has 680 valence electrons. The Bertz CT molecular complexity index is 3520. The molecule has 32 heteroatoms. The van der Waals surface area contributed by atoms with Crippen LogP contribution >= 0.6 is 0 Å². The Morgan fingerprint density at radius 1 is 0.298 bits per heavy atom. The van der Waals surface area contributed by atoms with Gasteiger partial charge in [0, 0.05) is 138 Å². The molecule has 20 aliphatic rings. The molecule has 16 aliphatic heterocycles. The van der Waals surface area contributed by atoms with Crippen LogP contribution < -0.4 is 10.6 Å². The zero-order chi connectivity index (χ0) is 85.3. The average Bonchev–Trinajstić information content (AvgIpc) is 1.69. The number of hydrogen-bond acceptors (Lipinski definition) is 28. The third-order valence-electron chi connectivity index (χ3n) is 32.0. The van der Waals surface area contributed by atoms with Crippen molar-refractivity contribution < 1.29 is 134 Å². The normalized spacial score (nSPS) is 44.9. The van der Waals surface area contributed by atoms with Crippen molar-refractivity contribution in [3.8, 4) is 0 Å². The Labute approximate surface area is 711 Å². The minimum absolute atomic E-state index is 0.0459. The van der Waals surface area contributed by atoms with Crippen LogP contribution in [-0.2, 0) is 134 Å². The van der Waals surface area contributed by atoms with E-state index in [0.29, 0.717) is 88.1 Å². The molecule has 0 aromatic carbocycles. The predicted octanol–water partition coefficient (Wildman–Crippen LogP) is 11.7. The highest BCUT2D eigenvalue weighted by Crippen LogP contribution is 2.66. The standard InChI is InChI=1S/C89H136N4O28/c1-50-20-24-62-54(5)74(106-78-86(62)58(50)36-40-82(9,110-78)114-118-86)102-70(98)32-28-66(94)90-44-18-48-92(68(96)30-34-72(100)104-76-56(7)64-26-22-52(3)60-38-42-84(11)112-80(108-76)88(60,64)120-116-84)46-16-14-13-15-17-47-93(69(97)31-35-73(101)105-77-57(8)65-27-23-53(4)61-39-43-85(12)113-81(109-77)89(61,65)121-117-85)49-19-45-91-67(95)29-33-71(99)103-75-55(6)63-25-21-51(2)59-37-41-83(10)111-79(107-75)87(59,63)119-115-83/h50-65,74-81H,13-49H2,1-12H3,(H,90,94)(H,91,95)/t50-,51-,52-,53-,54-,55-,56-,57-,58+,59+,60+,61+,62+,63+,64+,65+,74-,75-,76-,77-,78-,79-,80-,81-,82-,83-,84-,85-,86-,87-,88-,89-/m1/s1. The fraction of sp³-hybridized carbons (Fsp3) is 0.910. The second kappa shape index (κ2) is 36.0. The van der Waals surface area contributed by atoms with Gasteiger partial charge in [-0.3, -0.25) is 38.4 Å². The molecule has 32 atom stereocenters. The van der Waals surface area contributed by atoms with Crippen LogP contribution in [0.2, 0.25) is 0 Å². The van der Waals surface area contributed by atoms with E-state index in [4.69, 9.17) is 95.9 Å². The molecule has 0 unspecified atom stereocenters. The molecule has 8 bridgehead atoms. The Kier molecular flexibility index (Phi) is 26.6. The summed E-state index contributed by atoms with van der Waals surface area (Å²) >= 11 is 0. The van der Waals surface area contributed by atoms with Gasteiger partial charge in [-0.2, -0.15) is 0 Å². The fourth-order valence-electron chi connectivity index (χ4n) is 25.0. The lowest BCUT2D eigenvalue weighted by atomic mass is 9.58. The molecule has 4 amide bonds. The van der Waals surface area contributed by atoms with Crippen molar-refractivity contribution in [2.45, 2.75) is 378 Å². The Morgan fingerprint density at radius 3 is 0.818 bits per heavy atom. The second-order valence-corrected chi connectivity index (χ2v) is 40.0. The maximum absolute atomic E-state index is 14.4. The number of esters is 4. The van der Waals surface area contributed by atoms with E-state index < -0.39 is 120 Å². The molecule has 0 aromatic heterocycles. The number of nitrogens with zero attached hydrogens (tertiary/aromatic N) is 2. The molecule has 20 fully saturated rings. The SMILES string of the molecule is C[C@H]1[C@H](OC(=O)CCC(=O)NCCCN(CCCCCCCN(CCCNC(=O)CCC(=O)O[C@@H]2O[C@@H]3O[C@@]4(C)CC[C@H]5[C@H](C)CC[C@@H]([C@H]2C)[C@@]35OO4)C(=O)CCC(=O)O[C@@H]2O[C@@H]3O[C@@]4(C)CC[C@H]5[C@H](C)CC[C@@H]([C@H]2C)[C@@]35OO4)C(=O)CCC(=O)O[C@@H]2O[C@@H]3O[C@@]4(C)CC[C@H]5[C@H](C)CC[C@@H]([C@H]2C)[C@@]35OO4)O[C@@H]2O[C@@]3(C)CC[C@H]4[C@H](C)CC[C@@H]1[C@@]24OO3. The number of carbonyl (C=O) groups excluding carboxylic acids is 8. The van der Waals surface area contributed by atoms with Gasteiger partial charge in [0.05, 0.1) is 25.7 Å². The van der Waals surface area contributed by atoms with E-state index >= 15 is 0 Å². The van der Waals surface area contributed by atoms with Gasteiger partial charge in [-0.15, -0.1) is 0 Å². The van der Waals surface area contributed by atoms with Gasteiger partial charge in [-0.25, -0.2) is 39.1 Å². The first-order valence-electron chi connectivity index (χ1n) is 46.5. The van der Waals surface area contributed by atoms with Crippen molar-refractivity contribution in [1.29, 1.82) is 0 Å². The lowest BCUT2D eigenvalue weighted by Gasteiger charge is -2.59. The Hall–Kier alpha value is -4.88. The molecule has 4 spiro atoms. The van der Waals surface area contributed by atoms with Gasteiger partial charge < -0.3 is 77.3 Å². The van der Waals surface area contributed by atoms with E-state index in [1.165, 1.54) is 0 Å². The maximum Gasteiger partial charge on any atom is 0.308 e. The summed E-state index contributed by atoms with van der Waals surface area (Å²) in [6.07, 6.45) is 9.16. The summed E-state index contributed by atoms with van der Waals surface area (Å²) < 4.78 is 76.1. The summed E-state index contributed by atoms with van der Waals surface area (Å²) in [5.41, 5.74) is -3.33. The third kappa shape index (κ3) is 17.4. The monoisotopic (exact) mass is 1710 g/mol. The van der Waals surface area contributed by atoms with Crippen molar-refractivity contribution >= 4 is 47.5 Å². The number of carbonyl (C=O) groups is 8. The summed E-state index contributed by atoms with van der Waals surface area (Å²) in [7, 11) is 0. The summed E-state index contributed by atoms with van der Waals surface area (Å²) in [5.74, 6) is -6.81. The number of rotatable bonds is 32. The van der Waals surface area contributed by atoms with Crippen molar-refractivity contribution in [1.82, 2.24) is 20.4 Å². The van der Waals surface area contributed by atoms with E-state index in [-0.39, 0.29) is 172 Å². The minimum atomic E-state index is -1.02. The number of unbranched alkanes of at least 4 members (excludes halogenated alkanes) is 4. The summed E-state index contributed by atoms with van der Waals surface area (Å²) in [6.45, 7) is 26.0. The topological polar surface area (TPSA) is 352 Å². The van der Waals surface area contributed by atoms with Crippen molar-refractivity contribution in [2.75, 3.05) is 39.3 Å². The molecular weight excluding hydrogens is 1570 g/mol. The van der Waals surface area contributed by atoms with Gasteiger partial charge in [0.1, 0.15) is 0 Å². The van der Waals surface area contributed by atoms with Crippen LogP contribution in [0.1, 0.15) is 282 Å². The smallest absolute Gasteiger partial charge is 0.308 e. The van der Waals surface area contributed by atoms with Crippen LogP contribution in [0.5, 0.6) is 0 Å². The molecule has 20 rings (SSSR count). The van der Waals surface area contributed by atoms with Gasteiger partial charge >= 0.3 is 23.9 Å². The van der Waals surface area contributed by atoms with Crippen LogP contribution in [0, 0.1) is 94.7 Å². The van der Waals surface area contributed by atoms with Gasteiger partial charge in [-0.05, 0) is 178 Å². The molecular formula is C89H136N4O28. The zero-order valence-electron chi connectivity index (χ0n) is 73.3. The molecule has 16 saturated heterocycles. The largest absolute Gasteiger partial charge is 0.435 e. The highest BCUT2D eigenvalue weighted by atomic mass is 17.3. The molecule has 0 radical (unpaired) electrons. The number of nitrogens with one attached hydrogen (secondary N) is 2. The van der Waals surface area contributed by atoms with Crippen molar-refractivity contribution in [3.05, 3.63) is 0 Å². The van der Waals surface area contributed by atoms with Crippen LogP contribution in [0.15, 0.2) is 0 Å². The van der Waals surface area contributed by atoms with Crippen molar-refractivity contribution in [3.63, 3.8) is 0 Å². The van der Waals surface area contributed by atoms with E-state index in [2.05, 4.69) is 38.3 Å². The quantitative estimate of drug-likeness (QED) is 0.0273. The van der Waals surface area contributed by atoms with E-state index in [9.17, 15) is 38.4 Å². The predicted molar refractivity (Wildman–Crippen MR) is 420 cm³/mol. The summed E-state index contributed by atoms with van der Waals surface area (Å²) in [4.78, 5) is 163. The Morgan fingerprint density at radius 2 is 0.545 bits per heavy atom. The fourth-order valence-corrected chi connectivity index (χ4v) is 25.0. The van der Waals surface area contributed by atoms with Gasteiger partial charge in [0.25, 0.3) is 0 Å². The lowest BCUT2D eigenvalue weighted by Crippen LogP contribution is -2.70. The molecule has 2 N–H and O–H groups in total. The van der Waals surface area contributed by atoms with Gasteiger partial charge in [0.2, 0.25) is 71.9 Å². The van der Waals surface area contributed by atoms with Crippen molar-refractivity contribution in [2.24, 2.45) is 94.7 Å². The second-order valence-electron chi connectivity index (χ2n) is 40.0. The number of fused-ring (bicyclic) bond motifs is 8. The first kappa shape index (κ1) is 89.5. The van der Waals surface area contributed by atoms with Crippen LogP contribution in [0.4, 0.5) is 0 Å².